The number of carbonyl (C=O) groups excluding carboxylic acids is 1. The summed E-state index contributed by atoms with van der Waals surface area (Å²) < 4.78 is 31.6. The van der Waals surface area contributed by atoms with E-state index in [1.54, 1.807) is 32.2 Å². The summed E-state index contributed by atoms with van der Waals surface area (Å²) >= 11 is 0. The minimum Gasteiger partial charge on any atom is -0.481 e. The van der Waals surface area contributed by atoms with Gasteiger partial charge in [-0.15, -0.1) is 0 Å². The maximum Gasteiger partial charge on any atom is 0.263 e. The summed E-state index contributed by atoms with van der Waals surface area (Å²) in [5.41, 5.74) is 0.820. The molecule has 0 aliphatic rings. The van der Waals surface area contributed by atoms with Crippen molar-refractivity contribution in [3.63, 3.8) is 0 Å². The van der Waals surface area contributed by atoms with Crippen LogP contribution in [0.3, 0.4) is 0 Å². The molecule has 122 valence electrons. The fraction of sp³-hybridized carbons (Fsp3) is 0.278. The van der Waals surface area contributed by atoms with Crippen LogP contribution >= 0.6 is 0 Å². The van der Waals surface area contributed by atoms with Gasteiger partial charge in [-0.05, 0) is 43.7 Å². The summed E-state index contributed by atoms with van der Waals surface area (Å²) in [4.78, 5) is 14.0. The van der Waals surface area contributed by atoms with Crippen LogP contribution in [-0.2, 0) is 4.79 Å². The van der Waals surface area contributed by atoms with Gasteiger partial charge < -0.3 is 9.64 Å². The number of benzene rings is 2. The number of hydrogen-bond acceptors (Lipinski definition) is 2. The lowest BCUT2D eigenvalue weighted by Crippen LogP contribution is -2.39. The molecule has 0 aromatic heterocycles. The number of nitrogens with zero attached hydrogens (tertiary/aromatic N) is 1. The molecule has 2 rings (SSSR count). The Kier molecular flexibility index (Phi) is 5.32. The zero-order valence-corrected chi connectivity index (χ0v) is 13.3. The van der Waals surface area contributed by atoms with Crippen molar-refractivity contribution in [3.05, 3.63) is 65.7 Å². The highest BCUT2D eigenvalue weighted by atomic mass is 19.1. The van der Waals surface area contributed by atoms with Crippen LogP contribution in [0.5, 0.6) is 5.75 Å². The average molecular weight is 319 g/mol. The van der Waals surface area contributed by atoms with Crippen LogP contribution in [-0.4, -0.2) is 24.0 Å². The molecular formula is C18H19F2NO2. The van der Waals surface area contributed by atoms with Crippen molar-refractivity contribution in [3.8, 4) is 5.75 Å². The highest BCUT2D eigenvalue weighted by Gasteiger charge is 2.24. The van der Waals surface area contributed by atoms with Crippen molar-refractivity contribution >= 4 is 5.91 Å². The topological polar surface area (TPSA) is 29.5 Å². The predicted molar refractivity (Wildman–Crippen MR) is 84.1 cm³/mol. The van der Waals surface area contributed by atoms with E-state index in [4.69, 9.17) is 4.74 Å². The third-order valence-electron chi connectivity index (χ3n) is 3.74. The molecule has 2 aromatic carbocycles. The van der Waals surface area contributed by atoms with Gasteiger partial charge in [0.25, 0.3) is 5.91 Å². The standard InChI is InChI=1S/C18H19F2NO2/c1-12(14-7-9-15(19)10-8-14)21(3)18(22)13(2)23-17-6-4-5-16(20)11-17/h4-13H,1-3H3. The van der Waals surface area contributed by atoms with E-state index < -0.39 is 11.9 Å². The molecule has 0 heterocycles. The summed E-state index contributed by atoms with van der Waals surface area (Å²) in [6, 6.07) is 11.4. The third-order valence-corrected chi connectivity index (χ3v) is 3.74. The molecule has 0 spiro atoms. The van der Waals surface area contributed by atoms with Crippen molar-refractivity contribution in [1.82, 2.24) is 4.90 Å². The summed E-state index contributed by atoms with van der Waals surface area (Å²) in [6.45, 7) is 3.46. The van der Waals surface area contributed by atoms with Crippen LogP contribution in [0.15, 0.2) is 48.5 Å². The number of halogens is 2. The van der Waals surface area contributed by atoms with Crippen molar-refractivity contribution in [2.75, 3.05) is 7.05 Å². The zero-order chi connectivity index (χ0) is 17.0. The summed E-state index contributed by atoms with van der Waals surface area (Å²) in [6.07, 6.45) is -0.760. The number of ether oxygens (including phenoxy) is 1. The minimum absolute atomic E-state index is 0.235. The molecule has 2 atom stereocenters. The molecule has 0 saturated carbocycles. The summed E-state index contributed by atoms with van der Waals surface area (Å²) in [5, 5.41) is 0. The van der Waals surface area contributed by atoms with E-state index in [2.05, 4.69) is 0 Å². The molecule has 5 heteroatoms. The van der Waals surface area contributed by atoms with Gasteiger partial charge in [-0.25, -0.2) is 8.78 Å². The van der Waals surface area contributed by atoms with E-state index in [1.165, 1.54) is 35.2 Å². The van der Waals surface area contributed by atoms with Gasteiger partial charge in [0.1, 0.15) is 17.4 Å². The maximum absolute atomic E-state index is 13.2. The molecule has 0 N–H and O–H groups in total. The second-order valence-corrected chi connectivity index (χ2v) is 5.39. The van der Waals surface area contributed by atoms with Gasteiger partial charge in [0.15, 0.2) is 6.10 Å². The molecule has 0 radical (unpaired) electrons. The van der Waals surface area contributed by atoms with Crippen molar-refractivity contribution in [2.24, 2.45) is 0 Å². The number of rotatable bonds is 5. The Morgan fingerprint density at radius 2 is 1.70 bits per heavy atom. The van der Waals surface area contributed by atoms with Crippen LogP contribution in [0, 0.1) is 11.6 Å². The third kappa shape index (κ3) is 4.28. The Morgan fingerprint density at radius 1 is 1.04 bits per heavy atom. The lowest BCUT2D eigenvalue weighted by Gasteiger charge is -2.28. The fourth-order valence-corrected chi connectivity index (χ4v) is 2.24. The van der Waals surface area contributed by atoms with Crippen molar-refractivity contribution in [2.45, 2.75) is 26.0 Å². The normalized spacial score (nSPS) is 13.3. The van der Waals surface area contributed by atoms with E-state index in [0.717, 1.165) is 5.56 Å². The molecule has 0 aliphatic carbocycles. The van der Waals surface area contributed by atoms with Crippen LogP contribution in [0.25, 0.3) is 0 Å². The Labute approximate surface area is 134 Å². The molecular weight excluding hydrogens is 300 g/mol. The number of carbonyl (C=O) groups is 1. The number of likely N-dealkylation sites (N-methyl/N-ethyl adjacent to an activating group) is 1. The molecule has 2 aromatic rings. The van der Waals surface area contributed by atoms with Crippen molar-refractivity contribution < 1.29 is 18.3 Å². The Hall–Kier alpha value is -2.43. The first kappa shape index (κ1) is 16.9. The largest absolute Gasteiger partial charge is 0.481 e. The van der Waals surface area contributed by atoms with Crippen LogP contribution in [0.4, 0.5) is 8.78 Å². The van der Waals surface area contributed by atoms with E-state index in [-0.39, 0.29) is 17.8 Å². The molecule has 0 fully saturated rings. The first-order chi connectivity index (χ1) is 10.9. The molecule has 2 unspecified atom stereocenters. The van der Waals surface area contributed by atoms with E-state index in [9.17, 15) is 13.6 Å². The van der Waals surface area contributed by atoms with Crippen LogP contribution in [0.2, 0.25) is 0 Å². The molecule has 1 amide bonds. The van der Waals surface area contributed by atoms with Gasteiger partial charge >= 0.3 is 0 Å². The Morgan fingerprint density at radius 3 is 2.30 bits per heavy atom. The van der Waals surface area contributed by atoms with Crippen molar-refractivity contribution in [1.29, 1.82) is 0 Å². The van der Waals surface area contributed by atoms with Gasteiger partial charge in [0.05, 0.1) is 6.04 Å². The predicted octanol–water partition coefficient (Wildman–Crippen LogP) is 3.95. The first-order valence-electron chi connectivity index (χ1n) is 7.33. The fourth-order valence-electron chi connectivity index (χ4n) is 2.24. The second-order valence-electron chi connectivity index (χ2n) is 5.39. The molecule has 0 aliphatic heterocycles. The zero-order valence-electron chi connectivity index (χ0n) is 13.3. The second kappa shape index (κ2) is 7.22. The van der Waals surface area contributed by atoms with Crippen LogP contribution < -0.4 is 4.74 Å². The monoisotopic (exact) mass is 319 g/mol. The van der Waals surface area contributed by atoms with Gasteiger partial charge in [-0.2, -0.15) is 0 Å². The van der Waals surface area contributed by atoms with Gasteiger partial charge in [0, 0.05) is 13.1 Å². The van der Waals surface area contributed by atoms with E-state index in [0.29, 0.717) is 5.75 Å². The highest BCUT2D eigenvalue weighted by Crippen LogP contribution is 2.21. The average Bonchev–Trinajstić information content (AvgIpc) is 2.53. The quantitative estimate of drug-likeness (QED) is 0.835. The van der Waals surface area contributed by atoms with Gasteiger partial charge in [-0.1, -0.05) is 18.2 Å². The highest BCUT2D eigenvalue weighted by molar-refractivity contribution is 5.81. The molecule has 23 heavy (non-hydrogen) atoms. The lowest BCUT2D eigenvalue weighted by molar-refractivity contribution is -0.138. The van der Waals surface area contributed by atoms with E-state index >= 15 is 0 Å². The molecule has 0 saturated heterocycles. The maximum atomic E-state index is 13.2. The molecule has 3 nitrogen and oxygen atoms in total. The summed E-state index contributed by atoms with van der Waals surface area (Å²) in [7, 11) is 1.65. The summed E-state index contributed by atoms with van der Waals surface area (Å²) in [5.74, 6) is -0.687. The number of amides is 1. The van der Waals surface area contributed by atoms with E-state index in [1.807, 2.05) is 6.92 Å². The van der Waals surface area contributed by atoms with Gasteiger partial charge in [0.2, 0.25) is 0 Å². The number of hydrogen-bond donors (Lipinski definition) is 0. The Balaban J connectivity index is 2.04. The smallest absolute Gasteiger partial charge is 0.263 e. The minimum atomic E-state index is -0.760. The Bertz CT molecular complexity index is 673. The van der Waals surface area contributed by atoms with Crippen LogP contribution in [0.1, 0.15) is 25.5 Å². The SMILES string of the molecule is CC(Oc1cccc(F)c1)C(=O)N(C)C(C)c1ccc(F)cc1. The first-order valence-corrected chi connectivity index (χ1v) is 7.33. The van der Waals surface area contributed by atoms with Gasteiger partial charge in [-0.3, -0.25) is 4.79 Å². The lowest BCUT2D eigenvalue weighted by atomic mass is 10.1. The molecule has 0 bridgehead atoms.